The maximum absolute atomic E-state index is 13.7. The van der Waals surface area contributed by atoms with E-state index in [2.05, 4.69) is 0 Å². The SMILES string of the molecule is COc1ccsc1C(O)Cc1cccc(Cl)c1F. The molecule has 1 aromatic carbocycles. The molecule has 0 fully saturated rings. The van der Waals surface area contributed by atoms with E-state index >= 15 is 0 Å². The van der Waals surface area contributed by atoms with Gasteiger partial charge < -0.3 is 9.84 Å². The number of thiophene rings is 1. The fraction of sp³-hybridized carbons (Fsp3) is 0.231. The molecule has 0 radical (unpaired) electrons. The normalized spacial score (nSPS) is 12.4. The van der Waals surface area contributed by atoms with Crippen LogP contribution in [-0.4, -0.2) is 12.2 Å². The second-order valence-electron chi connectivity index (χ2n) is 3.79. The van der Waals surface area contributed by atoms with Gasteiger partial charge in [-0.15, -0.1) is 11.3 Å². The first-order valence-corrected chi connectivity index (χ1v) is 6.61. The minimum atomic E-state index is -0.798. The van der Waals surface area contributed by atoms with Crippen LogP contribution >= 0.6 is 22.9 Å². The smallest absolute Gasteiger partial charge is 0.145 e. The summed E-state index contributed by atoms with van der Waals surface area (Å²) >= 11 is 7.08. The Balaban J connectivity index is 2.21. The van der Waals surface area contributed by atoms with E-state index in [-0.39, 0.29) is 11.4 Å². The van der Waals surface area contributed by atoms with E-state index in [0.29, 0.717) is 16.2 Å². The van der Waals surface area contributed by atoms with Crippen LogP contribution in [0.3, 0.4) is 0 Å². The lowest BCUT2D eigenvalue weighted by molar-refractivity contribution is 0.177. The molecule has 0 spiro atoms. The summed E-state index contributed by atoms with van der Waals surface area (Å²) in [5.74, 6) is 0.142. The highest BCUT2D eigenvalue weighted by atomic mass is 35.5. The van der Waals surface area contributed by atoms with Crippen molar-refractivity contribution in [3.63, 3.8) is 0 Å². The lowest BCUT2D eigenvalue weighted by atomic mass is 10.1. The number of hydrogen-bond donors (Lipinski definition) is 1. The van der Waals surface area contributed by atoms with Crippen molar-refractivity contribution in [1.29, 1.82) is 0 Å². The molecule has 0 amide bonds. The molecule has 1 aromatic heterocycles. The van der Waals surface area contributed by atoms with Crippen molar-refractivity contribution in [2.24, 2.45) is 0 Å². The van der Waals surface area contributed by atoms with Gasteiger partial charge in [0.2, 0.25) is 0 Å². The molecule has 2 rings (SSSR count). The molecule has 0 aliphatic heterocycles. The number of methoxy groups -OCH3 is 1. The quantitative estimate of drug-likeness (QED) is 0.926. The number of benzene rings is 1. The zero-order chi connectivity index (χ0) is 13.1. The zero-order valence-corrected chi connectivity index (χ0v) is 11.3. The molecule has 1 unspecified atom stereocenters. The largest absolute Gasteiger partial charge is 0.495 e. The summed E-state index contributed by atoms with van der Waals surface area (Å²) in [6.07, 6.45) is -0.628. The van der Waals surface area contributed by atoms with Crippen molar-refractivity contribution < 1.29 is 14.2 Å². The average Bonchev–Trinajstić information content (AvgIpc) is 2.83. The molecule has 0 saturated heterocycles. The lowest BCUT2D eigenvalue weighted by Crippen LogP contribution is -2.03. The summed E-state index contributed by atoms with van der Waals surface area (Å²) < 4.78 is 18.8. The Kier molecular flexibility index (Phi) is 4.22. The second kappa shape index (κ2) is 5.69. The highest BCUT2D eigenvalue weighted by molar-refractivity contribution is 7.10. The highest BCUT2D eigenvalue weighted by Gasteiger charge is 2.18. The predicted octanol–water partition coefficient (Wildman–Crippen LogP) is 3.83. The predicted molar refractivity (Wildman–Crippen MR) is 70.9 cm³/mol. The van der Waals surface area contributed by atoms with E-state index in [1.165, 1.54) is 24.5 Å². The van der Waals surface area contributed by atoms with E-state index in [9.17, 15) is 9.50 Å². The Bertz CT molecular complexity index is 542. The maximum atomic E-state index is 13.7. The van der Waals surface area contributed by atoms with Crippen LogP contribution in [0.15, 0.2) is 29.6 Å². The Hall–Kier alpha value is -1.10. The van der Waals surface area contributed by atoms with E-state index in [0.717, 1.165) is 0 Å². The van der Waals surface area contributed by atoms with Crippen molar-refractivity contribution in [2.45, 2.75) is 12.5 Å². The maximum Gasteiger partial charge on any atom is 0.145 e. The summed E-state index contributed by atoms with van der Waals surface area (Å²) in [5.41, 5.74) is 0.394. The lowest BCUT2D eigenvalue weighted by Gasteiger charge is -2.12. The van der Waals surface area contributed by atoms with Crippen LogP contribution < -0.4 is 4.74 Å². The topological polar surface area (TPSA) is 29.5 Å². The van der Waals surface area contributed by atoms with Crippen molar-refractivity contribution in [3.05, 3.63) is 50.9 Å². The number of aliphatic hydroxyl groups excluding tert-OH is 1. The highest BCUT2D eigenvalue weighted by Crippen LogP contribution is 2.33. The van der Waals surface area contributed by atoms with Gasteiger partial charge in [0.25, 0.3) is 0 Å². The van der Waals surface area contributed by atoms with Crippen LogP contribution in [0.4, 0.5) is 4.39 Å². The molecule has 0 aliphatic carbocycles. The fourth-order valence-corrected chi connectivity index (χ4v) is 2.77. The zero-order valence-electron chi connectivity index (χ0n) is 9.69. The summed E-state index contributed by atoms with van der Waals surface area (Å²) in [7, 11) is 1.54. The molecular weight excluding hydrogens is 275 g/mol. The first-order chi connectivity index (χ1) is 8.63. The van der Waals surface area contributed by atoms with Crippen molar-refractivity contribution in [2.75, 3.05) is 7.11 Å². The summed E-state index contributed by atoms with van der Waals surface area (Å²) in [4.78, 5) is 0.692. The molecular formula is C13H12ClFO2S. The average molecular weight is 287 g/mol. The molecule has 0 saturated carbocycles. The third-order valence-electron chi connectivity index (χ3n) is 2.62. The summed E-state index contributed by atoms with van der Waals surface area (Å²) in [6, 6.07) is 6.54. The first-order valence-electron chi connectivity index (χ1n) is 5.35. The number of rotatable bonds is 4. The van der Waals surface area contributed by atoms with Gasteiger partial charge in [-0.3, -0.25) is 0 Å². The second-order valence-corrected chi connectivity index (χ2v) is 5.14. The summed E-state index contributed by atoms with van der Waals surface area (Å²) in [5, 5.41) is 12.0. The minimum Gasteiger partial charge on any atom is -0.495 e. The van der Waals surface area contributed by atoms with Gasteiger partial charge in [-0.2, -0.15) is 0 Å². The van der Waals surface area contributed by atoms with E-state index < -0.39 is 11.9 Å². The Morgan fingerprint density at radius 2 is 2.22 bits per heavy atom. The van der Waals surface area contributed by atoms with Crippen LogP contribution in [0.1, 0.15) is 16.5 Å². The van der Waals surface area contributed by atoms with Crippen LogP contribution in [0.25, 0.3) is 0 Å². The molecule has 96 valence electrons. The molecule has 0 aliphatic rings. The van der Waals surface area contributed by atoms with E-state index in [1.54, 1.807) is 18.2 Å². The van der Waals surface area contributed by atoms with Gasteiger partial charge in [-0.1, -0.05) is 23.7 Å². The van der Waals surface area contributed by atoms with Crippen molar-refractivity contribution in [1.82, 2.24) is 0 Å². The molecule has 18 heavy (non-hydrogen) atoms. The molecule has 1 heterocycles. The number of ether oxygens (including phenoxy) is 1. The molecule has 0 bridgehead atoms. The van der Waals surface area contributed by atoms with Crippen molar-refractivity contribution >= 4 is 22.9 Å². The van der Waals surface area contributed by atoms with Crippen LogP contribution in [-0.2, 0) is 6.42 Å². The molecule has 2 aromatic rings. The van der Waals surface area contributed by atoms with Gasteiger partial charge in [-0.25, -0.2) is 4.39 Å². The molecule has 1 N–H and O–H groups in total. The van der Waals surface area contributed by atoms with Gasteiger partial charge in [-0.05, 0) is 23.1 Å². The Labute approximate surface area is 114 Å². The monoisotopic (exact) mass is 286 g/mol. The fourth-order valence-electron chi connectivity index (χ4n) is 1.73. The number of aliphatic hydroxyl groups is 1. The van der Waals surface area contributed by atoms with Gasteiger partial charge in [0, 0.05) is 6.42 Å². The number of hydrogen-bond acceptors (Lipinski definition) is 3. The van der Waals surface area contributed by atoms with Crippen molar-refractivity contribution in [3.8, 4) is 5.75 Å². The van der Waals surface area contributed by atoms with Gasteiger partial charge in [0.05, 0.1) is 23.1 Å². The standard InChI is InChI=1S/C13H12ClFO2S/c1-17-11-5-6-18-13(11)10(16)7-8-3-2-4-9(14)12(8)15/h2-6,10,16H,7H2,1H3. The van der Waals surface area contributed by atoms with E-state index in [4.69, 9.17) is 16.3 Å². The third-order valence-corrected chi connectivity index (χ3v) is 3.92. The molecule has 1 atom stereocenters. The van der Waals surface area contributed by atoms with Gasteiger partial charge in [0.1, 0.15) is 11.6 Å². The minimum absolute atomic E-state index is 0.0674. The molecule has 2 nitrogen and oxygen atoms in total. The summed E-state index contributed by atoms with van der Waals surface area (Å²) in [6.45, 7) is 0. The first kappa shape index (κ1) is 13.3. The molecule has 5 heteroatoms. The number of halogens is 2. The Morgan fingerprint density at radius 1 is 1.44 bits per heavy atom. The van der Waals surface area contributed by atoms with Gasteiger partial charge in [0.15, 0.2) is 0 Å². The van der Waals surface area contributed by atoms with Crippen LogP contribution in [0, 0.1) is 5.82 Å². The van der Waals surface area contributed by atoms with Crippen LogP contribution in [0.2, 0.25) is 5.02 Å². The van der Waals surface area contributed by atoms with Crippen LogP contribution in [0.5, 0.6) is 5.75 Å². The third kappa shape index (κ3) is 2.66. The van der Waals surface area contributed by atoms with Gasteiger partial charge >= 0.3 is 0 Å². The Morgan fingerprint density at radius 3 is 2.94 bits per heavy atom. The van der Waals surface area contributed by atoms with E-state index in [1.807, 2.05) is 5.38 Å².